The Kier molecular flexibility index (Phi) is 3.13. The fourth-order valence-electron chi connectivity index (χ4n) is 2.32. The molecule has 16 heavy (non-hydrogen) atoms. The van der Waals surface area contributed by atoms with Crippen molar-refractivity contribution < 1.29 is 22.3 Å². The third kappa shape index (κ3) is 2.48. The molecular weight excluding hydrogens is 226 g/mol. The van der Waals surface area contributed by atoms with Gasteiger partial charge >= 0.3 is 0 Å². The summed E-state index contributed by atoms with van der Waals surface area (Å²) in [4.78, 5) is 0. The molecule has 6 heteroatoms. The van der Waals surface area contributed by atoms with Gasteiger partial charge < -0.3 is 4.74 Å². The van der Waals surface area contributed by atoms with E-state index >= 15 is 0 Å². The van der Waals surface area contributed by atoms with Crippen LogP contribution in [0.3, 0.4) is 0 Å². The molecule has 0 aromatic rings. The monoisotopic (exact) mass is 241 g/mol. The Hall–Kier alpha value is -0.360. The summed E-state index contributed by atoms with van der Waals surface area (Å²) < 4.78 is 56.2. The molecule has 2 rings (SSSR count). The lowest BCUT2D eigenvalue weighted by atomic mass is 9.87. The third-order valence-electron chi connectivity index (χ3n) is 3.32. The molecule has 1 atom stereocenters. The summed E-state index contributed by atoms with van der Waals surface area (Å²) in [7, 11) is 0. The summed E-state index contributed by atoms with van der Waals surface area (Å²) in [5.41, 5.74) is -0.943. The van der Waals surface area contributed by atoms with E-state index in [0.29, 0.717) is 6.54 Å². The quantitative estimate of drug-likeness (QED) is 0.712. The zero-order valence-electron chi connectivity index (χ0n) is 8.82. The van der Waals surface area contributed by atoms with E-state index in [4.69, 9.17) is 4.74 Å². The van der Waals surface area contributed by atoms with Crippen molar-refractivity contribution in [3.05, 3.63) is 0 Å². The fraction of sp³-hybridized carbons (Fsp3) is 1.00. The van der Waals surface area contributed by atoms with E-state index in [1.807, 2.05) is 0 Å². The molecule has 1 heterocycles. The number of ether oxygens (including phenoxy) is 1. The van der Waals surface area contributed by atoms with Gasteiger partial charge in [-0.3, -0.25) is 5.32 Å². The van der Waals surface area contributed by atoms with Crippen molar-refractivity contribution in [2.45, 2.75) is 56.3 Å². The molecule has 94 valence electrons. The van der Waals surface area contributed by atoms with Gasteiger partial charge in [-0.2, -0.15) is 0 Å². The highest BCUT2D eigenvalue weighted by atomic mass is 19.3. The third-order valence-corrected chi connectivity index (χ3v) is 3.32. The minimum atomic E-state index is -2.67. The van der Waals surface area contributed by atoms with Gasteiger partial charge in [-0.25, -0.2) is 17.6 Å². The van der Waals surface area contributed by atoms with Crippen LogP contribution in [0.15, 0.2) is 0 Å². The molecule has 1 aliphatic carbocycles. The van der Waals surface area contributed by atoms with Crippen LogP contribution in [0.4, 0.5) is 17.6 Å². The Morgan fingerprint density at radius 3 is 2.31 bits per heavy atom. The number of nitrogens with one attached hydrogen (secondary N) is 1. The van der Waals surface area contributed by atoms with E-state index in [1.165, 1.54) is 0 Å². The molecule has 2 aliphatic rings. The molecule has 0 amide bonds. The Bertz CT molecular complexity index is 249. The summed E-state index contributed by atoms with van der Waals surface area (Å²) in [5.74, 6) is -2.67. The normalized spacial score (nSPS) is 33.2. The number of halogens is 4. The van der Waals surface area contributed by atoms with E-state index in [1.54, 1.807) is 0 Å². The van der Waals surface area contributed by atoms with Crippen molar-refractivity contribution >= 4 is 0 Å². The molecule has 2 fully saturated rings. The van der Waals surface area contributed by atoms with Crippen LogP contribution in [0.25, 0.3) is 0 Å². The van der Waals surface area contributed by atoms with Gasteiger partial charge in [0.15, 0.2) is 0 Å². The zero-order valence-corrected chi connectivity index (χ0v) is 8.82. The molecule has 0 aromatic heterocycles. The second-order valence-electron chi connectivity index (χ2n) is 4.56. The van der Waals surface area contributed by atoms with E-state index in [9.17, 15) is 17.6 Å². The maximum Gasteiger partial charge on any atom is 0.264 e. The lowest BCUT2D eigenvalue weighted by molar-refractivity contribution is -0.216. The van der Waals surface area contributed by atoms with Crippen molar-refractivity contribution in [3.63, 3.8) is 0 Å². The summed E-state index contributed by atoms with van der Waals surface area (Å²) in [5, 5.41) is 2.97. The summed E-state index contributed by atoms with van der Waals surface area (Å²) in [6.07, 6.45) is -3.82. The van der Waals surface area contributed by atoms with Gasteiger partial charge in [-0.1, -0.05) is 0 Å². The molecule has 1 saturated carbocycles. The first kappa shape index (κ1) is 12.1. The second-order valence-corrected chi connectivity index (χ2v) is 4.56. The second kappa shape index (κ2) is 4.14. The molecular formula is C10H15F4NO. The lowest BCUT2D eigenvalue weighted by Crippen LogP contribution is -2.58. The average molecular weight is 241 g/mol. The molecule has 1 spiro atoms. The van der Waals surface area contributed by atoms with Crippen molar-refractivity contribution in [2.75, 3.05) is 6.54 Å². The van der Waals surface area contributed by atoms with Gasteiger partial charge in [0, 0.05) is 19.4 Å². The molecule has 0 radical (unpaired) electrons. The Labute approximate surface area is 91.3 Å². The highest BCUT2D eigenvalue weighted by Gasteiger charge is 2.47. The zero-order chi connectivity index (χ0) is 11.8. The van der Waals surface area contributed by atoms with E-state index < -0.39 is 24.2 Å². The molecule has 1 unspecified atom stereocenters. The van der Waals surface area contributed by atoms with Gasteiger partial charge in [0.05, 0.1) is 0 Å². The van der Waals surface area contributed by atoms with Crippen LogP contribution in [0.1, 0.15) is 32.1 Å². The van der Waals surface area contributed by atoms with Gasteiger partial charge in [0.1, 0.15) is 11.8 Å². The van der Waals surface area contributed by atoms with E-state index in [2.05, 4.69) is 5.32 Å². The minimum absolute atomic E-state index is 0.100. The highest BCUT2D eigenvalue weighted by molar-refractivity contribution is 4.92. The molecule has 0 aromatic carbocycles. The number of hydrogen-bond acceptors (Lipinski definition) is 2. The van der Waals surface area contributed by atoms with Gasteiger partial charge in [-0.15, -0.1) is 0 Å². The van der Waals surface area contributed by atoms with Crippen LogP contribution in [-0.2, 0) is 4.74 Å². The SMILES string of the molecule is FC(F)C1CCNC2(CCC(F)(F)CC2)O1. The Morgan fingerprint density at radius 2 is 1.75 bits per heavy atom. The standard InChI is InChI=1S/C10H15F4NO/c11-8(12)7-1-6-15-10(16-7)4-2-9(13,14)3-5-10/h7-8,15H,1-6H2. The number of hydrogen-bond donors (Lipinski definition) is 1. The largest absolute Gasteiger partial charge is 0.351 e. The summed E-state index contributed by atoms with van der Waals surface area (Å²) in [6, 6.07) is 0. The first-order chi connectivity index (χ1) is 7.43. The summed E-state index contributed by atoms with van der Waals surface area (Å²) in [6.45, 7) is 0.403. The van der Waals surface area contributed by atoms with Crippen molar-refractivity contribution in [1.29, 1.82) is 0 Å². The van der Waals surface area contributed by atoms with Crippen LogP contribution in [0.5, 0.6) is 0 Å². The lowest BCUT2D eigenvalue weighted by Gasteiger charge is -2.45. The van der Waals surface area contributed by atoms with Gasteiger partial charge in [0.25, 0.3) is 6.43 Å². The van der Waals surface area contributed by atoms with Gasteiger partial charge in [0.2, 0.25) is 5.92 Å². The predicted octanol–water partition coefficient (Wildman–Crippen LogP) is 2.54. The molecule has 1 N–H and O–H groups in total. The predicted molar refractivity (Wildman–Crippen MR) is 49.6 cm³/mol. The van der Waals surface area contributed by atoms with Crippen molar-refractivity contribution in [3.8, 4) is 0 Å². The van der Waals surface area contributed by atoms with Crippen LogP contribution < -0.4 is 5.32 Å². The number of rotatable bonds is 1. The maximum atomic E-state index is 13.0. The molecule has 1 aliphatic heterocycles. The Balaban J connectivity index is 1.98. The first-order valence-corrected chi connectivity index (χ1v) is 5.51. The number of alkyl halides is 4. The van der Waals surface area contributed by atoms with Crippen LogP contribution in [-0.4, -0.2) is 30.7 Å². The smallest absolute Gasteiger partial charge is 0.264 e. The highest BCUT2D eigenvalue weighted by Crippen LogP contribution is 2.41. The van der Waals surface area contributed by atoms with Crippen molar-refractivity contribution in [1.82, 2.24) is 5.32 Å². The van der Waals surface area contributed by atoms with Crippen LogP contribution in [0, 0.1) is 0 Å². The topological polar surface area (TPSA) is 21.3 Å². The maximum absolute atomic E-state index is 13.0. The Morgan fingerprint density at radius 1 is 1.12 bits per heavy atom. The van der Waals surface area contributed by atoms with Crippen LogP contribution >= 0.6 is 0 Å². The first-order valence-electron chi connectivity index (χ1n) is 5.51. The average Bonchev–Trinajstić information content (AvgIpc) is 2.24. The summed E-state index contributed by atoms with van der Waals surface area (Å²) >= 11 is 0. The minimum Gasteiger partial charge on any atom is -0.351 e. The van der Waals surface area contributed by atoms with Gasteiger partial charge in [-0.05, 0) is 19.3 Å². The molecule has 2 nitrogen and oxygen atoms in total. The molecule has 1 saturated heterocycles. The molecule has 0 bridgehead atoms. The van der Waals surface area contributed by atoms with Crippen molar-refractivity contribution in [2.24, 2.45) is 0 Å². The van der Waals surface area contributed by atoms with Crippen LogP contribution in [0.2, 0.25) is 0 Å². The van der Waals surface area contributed by atoms with E-state index in [-0.39, 0.29) is 32.1 Å². The fourth-order valence-corrected chi connectivity index (χ4v) is 2.32. The van der Waals surface area contributed by atoms with E-state index in [0.717, 1.165) is 0 Å².